The van der Waals surface area contributed by atoms with Gasteiger partial charge in [0.2, 0.25) is 5.91 Å². The first-order valence-corrected chi connectivity index (χ1v) is 9.68. The summed E-state index contributed by atoms with van der Waals surface area (Å²) in [7, 11) is 3.45. The highest BCUT2D eigenvalue weighted by atomic mass is 32.2. The third-order valence-corrected chi connectivity index (χ3v) is 5.08. The van der Waals surface area contributed by atoms with E-state index >= 15 is 0 Å². The van der Waals surface area contributed by atoms with Crippen LogP contribution >= 0.6 is 11.8 Å². The third-order valence-electron chi connectivity index (χ3n) is 4.04. The van der Waals surface area contributed by atoms with Crippen molar-refractivity contribution in [2.75, 3.05) is 18.2 Å². The number of alkyl halides is 3. The molecule has 1 amide bonds. The number of hydrogen-bond donors (Lipinski definition) is 1. The highest BCUT2D eigenvalue weighted by Gasteiger charge is 2.30. The van der Waals surface area contributed by atoms with E-state index in [1.54, 1.807) is 13.3 Å². The number of carbonyl (C=O) groups excluding carboxylic acids is 1. The van der Waals surface area contributed by atoms with Crippen LogP contribution in [0.1, 0.15) is 0 Å². The molecule has 3 aromatic rings. The van der Waals surface area contributed by atoms with Gasteiger partial charge in [0.05, 0.1) is 24.8 Å². The molecule has 0 fully saturated rings. The summed E-state index contributed by atoms with van der Waals surface area (Å²) < 4.78 is 47.4. The van der Waals surface area contributed by atoms with Gasteiger partial charge < -0.3 is 19.4 Å². The van der Waals surface area contributed by atoms with Gasteiger partial charge in [0.25, 0.3) is 0 Å². The number of thioether (sulfide) groups is 1. The maximum atomic E-state index is 12.2. The lowest BCUT2D eigenvalue weighted by atomic mass is 10.1. The van der Waals surface area contributed by atoms with Gasteiger partial charge >= 0.3 is 6.36 Å². The SMILES string of the molecule is COc1ccc(-c2cnc(SCC(=O)Nc3ccc(OC(F)(F)F)cc3)n2C)cc1. The number of benzene rings is 2. The first-order chi connectivity index (χ1) is 14.2. The molecule has 6 nitrogen and oxygen atoms in total. The molecule has 0 aliphatic carbocycles. The zero-order valence-electron chi connectivity index (χ0n) is 16.1. The fourth-order valence-electron chi connectivity index (χ4n) is 2.62. The highest BCUT2D eigenvalue weighted by molar-refractivity contribution is 7.99. The average molecular weight is 437 g/mol. The summed E-state index contributed by atoms with van der Waals surface area (Å²) in [5.41, 5.74) is 2.22. The Bertz CT molecular complexity index is 1000. The van der Waals surface area contributed by atoms with E-state index in [2.05, 4.69) is 15.0 Å². The zero-order chi connectivity index (χ0) is 21.7. The smallest absolute Gasteiger partial charge is 0.497 e. The Morgan fingerprint density at radius 2 is 1.73 bits per heavy atom. The van der Waals surface area contributed by atoms with E-state index in [1.807, 2.05) is 35.9 Å². The lowest BCUT2D eigenvalue weighted by Gasteiger charge is -2.10. The first kappa shape index (κ1) is 21.6. The minimum atomic E-state index is -4.76. The lowest BCUT2D eigenvalue weighted by Crippen LogP contribution is -2.17. The van der Waals surface area contributed by atoms with Crippen molar-refractivity contribution in [1.82, 2.24) is 9.55 Å². The monoisotopic (exact) mass is 437 g/mol. The number of aromatic nitrogens is 2. The van der Waals surface area contributed by atoms with Crippen molar-refractivity contribution < 1.29 is 27.4 Å². The third kappa shape index (κ3) is 5.69. The maximum absolute atomic E-state index is 12.2. The number of nitrogens with zero attached hydrogens (tertiary/aromatic N) is 2. The molecule has 1 aromatic heterocycles. The van der Waals surface area contributed by atoms with Gasteiger partial charge in [-0.05, 0) is 48.5 Å². The van der Waals surface area contributed by atoms with E-state index in [-0.39, 0.29) is 17.4 Å². The molecule has 0 atom stereocenters. The molecule has 0 unspecified atom stereocenters. The van der Waals surface area contributed by atoms with Crippen molar-refractivity contribution in [3.8, 4) is 22.8 Å². The van der Waals surface area contributed by atoms with Crippen LogP contribution in [0.2, 0.25) is 0 Å². The van der Waals surface area contributed by atoms with Gasteiger partial charge in [-0.15, -0.1) is 13.2 Å². The average Bonchev–Trinajstić information content (AvgIpc) is 3.07. The van der Waals surface area contributed by atoms with Gasteiger partial charge in [0, 0.05) is 18.3 Å². The van der Waals surface area contributed by atoms with Crippen molar-refractivity contribution in [1.29, 1.82) is 0 Å². The fraction of sp³-hybridized carbons (Fsp3) is 0.200. The molecule has 1 N–H and O–H groups in total. The van der Waals surface area contributed by atoms with Crippen LogP contribution in [0.5, 0.6) is 11.5 Å². The number of hydrogen-bond acceptors (Lipinski definition) is 5. The van der Waals surface area contributed by atoms with E-state index in [0.29, 0.717) is 10.8 Å². The van der Waals surface area contributed by atoms with Gasteiger partial charge in [0.15, 0.2) is 5.16 Å². The van der Waals surface area contributed by atoms with E-state index in [9.17, 15) is 18.0 Å². The number of amides is 1. The van der Waals surface area contributed by atoms with Crippen LogP contribution in [0.15, 0.2) is 59.9 Å². The van der Waals surface area contributed by atoms with Gasteiger partial charge in [-0.1, -0.05) is 11.8 Å². The second kappa shape index (κ2) is 9.12. The molecule has 0 saturated carbocycles. The molecule has 10 heteroatoms. The summed E-state index contributed by atoms with van der Waals surface area (Å²) in [6.45, 7) is 0. The summed E-state index contributed by atoms with van der Waals surface area (Å²) in [5.74, 6) is 0.186. The lowest BCUT2D eigenvalue weighted by molar-refractivity contribution is -0.274. The molecule has 3 rings (SSSR count). The molecule has 158 valence electrons. The molecule has 1 heterocycles. The van der Waals surface area contributed by atoms with Gasteiger partial charge in [-0.2, -0.15) is 0 Å². The number of halogens is 3. The first-order valence-electron chi connectivity index (χ1n) is 8.70. The fourth-order valence-corrected chi connectivity index (χ4v) is 3.38. The molecular formula is C20H18F3N3O3S. The summed E-state index contributed by atoms with van der Waals surface area (Å²) in [6, 6.07) is 12.5. The molecule has 0 aliphatic heterocycles. The van der Waals surface area contributed by atoms with Gasteiger partial charge in [0.1, 0.15) is 11.5 Å². The van der Waals surface area contributed by atoms with Crippen molar-refractivity contribution in [3.05, 3.63) is 54.7 Å². The van der Waals surface area contributed by atoms with Crippen LogP contribution < -0.4 is 14.8 Å². The number of carbonyl (C=O) groups is 1. The number of rotatable bonds is 7. The standard InChI is InChI=1S/C20H18F3N3O3S/c1-26-17(13-3-7-15(28-2)8-4-13)11-24-19(26)30-12-18(27)25-14-5-9-16(10-6-14)29-20(21,22)23/h3-11H,12H2,1-2H3,(H,25,27). The quantitative estimate of drug-likeness (QED) is 0.542. The molecule has 0 saturated heterocycles. The molecular weight excluding hydrogens is 419 g/mol. The highest BCUT2D eigenvalue weighted by Crippen LogP contribution is 2.27. The molecule has 30 heavy (non-hydrogen) atoms. The van der Waals surface area contributed by atoms with Crippen molar-refractivity contribution >= 4 is 23.4 Å². The van der Waals surface area contributed by atoms with Crippen LogP contribution in [0, 0.1) is 0 Å². The van der Waals surface area contributed by atoms with Crippen LogP contribution in [0.25, 0.3) is 11.3 Å². The summed E-state index contributed by atoms with van der Waals surface area (Å²) in [4.78, 5) is 16.5. The summed E-state index contributed by atoms with van der Waals surface area (Å²) >= 11 is 1.25. The summed E-state index contributed by atoms with van der Waals surface area (Å²) in [5, 5.41) is 3.28. The molecule has 2 aromatic carbocycles. The Balaban J connectivity index is 1.56. The Kier molecular flexibility index (Phi) is 6.56. The Labute approximate surface area is 175 Å². The Morgan fingerprint density at radius 3 is 2.33 bits per heavy atom. The Morgan fingerprint density at radius 1 is 1.10 bits per heavy atom. The van der Waals surface area contributed by atoms with Crippen molar-refractivity contribution in [2.24, 2.45) is 7.05 Å². The minimum absolute atomic E-state index is 0.0910. The number of ether oxygens (including phenoxy) is 2. The second-order valence-electron chi connectivity index (χ2n) is 6.12. The summed E-state index contributed by atoms with van der Waals surface area (Å²) in [6.07, 6.45) is -3.03. The van der Waals surface area contributed by atoms with E-state index < -0.39 is 6.36 Å². The predicted octanol–water partition coefficient (Wildman–Crippen LogP) is 4.73. The predicted molar refractivity (Wildman–Crippen MR) is 108 cm³/mol. The molecule has 0 bridgehead atoms. The number of anilines is 1. The molecule has 0 radical (unpaired) electrons. The van der Waals surface area contributed by atoms with Crippen molar-refractivity contribution in [2.45, 2.75) is 11.5 Å². The van der Waals surface area contributed by atoms with Gasteiger partial charge in [-0.25, -0.2) is 4.98 Å². The molecule has 0 spiro atoms. The van der Waals surface area contributed by atoms with Crippen LogP contribution in [-0.2, 0) is 11.8 Å². The van der Waals surface area contributed by atoms with Gasteiger partial charge in [-0.3, -0.25) is 4.79 Å². The number of imidazole rings is 1. The Hall–Kier alpha value is -3.14. The topological polar surface area (TPSA) is 65.4 Å². The second-order valence-corrected chi connectivity index (χ2v) is 7.07. The van der Waals surface area contributed by atoms with Crippen LogP contribution in [-0.4, -0.2) is 34.7 Å². The number of nitrogens with one attached hydrogen (secondary N) is 1. The minimum Gasteiger partial charge on any atom is -0.497 e. The van der Waals surface area contributed by atoms with Crippen LogP contribution in [0.4, 0.5) is 18.9 Å². The van der Waals surface area contributed by atoms with E-state index in [1.165, 1.54) is 23.9 Å². The maximum Gasteiger partial charge on any atom is 0.573 e. The van der Waals surface area contributed by atoms with Crippen LogP contribution in [0.3, 0.4) is 0 Å². The normalized spacial score (nSPS) is 11.2. The van der Waals surface area contributed by atoms with E-state index in [0.717, 1.165) is 29.1 Å². The van der Waals surface area contributed by atoms with E-state index in [4.69, 9.17) is 4.74 Å². The number of methoxy groups -OCH3 is 1. The zero-order valence-corrected chi connectivity index (χ0v) is 16.9. The van der Waals surface area contributed by atoms with Crippen molar-refractivity contribution in [3.63, 3.8) is 0 Å². The molecule has 0 aliphatic rings. The largest absolute Gasteiger partial charge is 0.573 e.